The zero-order valence-electron chi connectivity index (χ0n) is 9.19. The van der Waals surface area contributed by atoms with E-state index in [0.717, 1.165) is 0 Å². The highest BCUT2D eigenvalue weighted by molar-refractivity contribution is 7.52. The molecule has 88 valence electrons. The molecular formula is C9H17O5P. The first-order valence-corrected chi connectivity index (χ1v) is 6.49. The standard InChI is InChI=1S/C9H17O5P/c1-4-7(6-15(11,12)13)8(5-2)9(10)14-3/h4-6H2,1-3H3,(H2,11,12,13). The molecule has 0 rings (SSSR count). The number of hydrogen-bond acceptors (Lipinski definition) is 3. The van der Waals surface area contributed by atoms with Gasteiger partial charge in [0.05, 0.1) is 13.3 Å². The van der Waals surface area contributed by atoms with E-state index >= 15 is 0 Å². The lowest BCUT2D eigenvalue weighted by molar-refractivity contribution is -0.136. The molecule has 0 saturated carbocycles. The number of allylic oxidation sites excluding steroid dienone is 1. The summed E-state index contributed by atoms with van der Waals surface area (Å²) in [6.45, 7) is 3.51. The summed E-state index contributed by atoms with van der Waals surface area (Å²) in [6.07, 6.45) is 0.473. The van der Waals surface area contributed by atoms with Crippen LogP contribution < -0.4 is 0 Å². The maximum absolute atomic E-state index is 11.3. The molecule has 0 radical (unpaired) electrons. The first-order valence-electron chi connectivity index (χ1n) is 4.69. The minimum atomic E-state index is -4.12. The van der Waals surface area contributed by atoms with Crippen LogP contribution >= 0.6 is 7.60 Å². The summed E-state index contributed by atoms with van der Waals surface area (Å²) >= 11 is 0. The topological polar surface area (TPSA) is 83.8 Å². The van der Waals surface area contributed by atoms with Crippen LogP contribution in [-0.4, -0.2) is 29.0 Å². The van der Waals surface area contributed by atoms with Crippen LogP contribution in [0, 0.1) is 0 Å². The predicted octanol–water partition coefficient (Wildman–Crippen LogP) is 1.45. The lowest BCUT2D eigenvalue weighted by atomic mass is 10.1. The van der Waals surface area contributed by atoms with Gasteiger partial charge in [0, 0.05) is 5.57 Å². The van der Waals surface area contributed by atoms with E-state index in [1.165, 1.54) is 7.11 Å². The Labute approximate surface area is 89.3 Å². The monoisotopic (exact) mass is 236 g/mol. The predicted molar refractivity (Wildman–Crippen MR) is 56.5 cm³/mol. The van der Waals surface area contributed by atoms with Gasteiger partial charge in [-0.15, -0.1) is 0 Å². The second-order valence-electron chi connectivity index (χ2n) is 3.10. The zero-order chi connectivity index (χ0) is 12.1. The molecule has 0 aromatic heterocycles. The Morgan fingerprint density at radius 2 is 1.80 bits per heavy atom. The molecular weight excluding hydrogens is 219 g/mol. The molecule has 0 fully saturated rings. The summed E-state index contributed by atoms with van der Waals surface area (Å²) in [5.74, 6) is -0.511. The fourth-order valence-corrected chi connectivity index (χ4v) is 2.24. The van der Waals surface area contributed by atoms with Gasteiger partial charge in [-0.25, -0.2) is 4.79 Å². The normalized spacial score (nSPS) is 13.4. The Hall–Kier alpha value is -0.640. The van der Waals surface area contributed by atoms with E-state index in [0.29, 0.717) is 24.0 Å². The molecule has 2 N–H and O–H groups in total. The van der Waals surface area contributed by atoms with E-state index in [1.54, 1.807) is 13.8 Å². The van der Waals surface area contributed by atoms with Gasteiger partial charge in [-0.2, -0.15) is 0 Å². The molecule has 0 aliphatic heterocycles. The third-order valence-electron chi connectivity index (χ3n) is 2.04. The Kier molecular flexibility index (Phi) is 5.80. The van der Waals surface area contributed by atoms with Crippen molar-refractivity contribution in [2.45, 2.75) is 26.7 Å². The Balaban J connectivity index is 5.08. The molecule has 0 amide bonds. The number of rotatable bonds is 5. The maximum atomic E-state index is 11.3. The van der Waals surface area contributed by atoms with Gasteiger partial charge in [0.2, 0.25) is 0 Å². The summed E-state index contributed by atoms with van der Waals surface area (Å²) < 4.78 is 15.4. The molecule has 5 nitrogen and oxygen atoms in total. The molecule has 0 atom stereocenters. The van der Waals surface area contributed by atoms with Crippen molar-refractivity contribution < 1.29 is 23.9 Å². The van der Waals surface area contributed by atoms with Gasteiger partial charge in [0.15, 0.2) is 0 Å². The van der Waals surface area contributed by atoms with Gasteiger partial charge in [0.1, 0.15) is 0 Å². The fraction of sp³-hybridized carbons (Fsp3) is 0.667. The smallest absolute Gasteiger partial charge is 0.333 e. The quantitative estimate of drug-likeness (QED) is 0.429. The van der Waals surface area contributed by atoms with E-state index < -0.39 is 13.6 Å². The van der Waals surface area contributed by atoms with Gasteiger partial charge in [0.25, 0.3) is 0 Å². The lowest BCUT2D eigenvalue weighted by Gasteiger charge is -2.11. The maximum Gasteiger partial charge on any atom is 0.333 e. The second-order valence-corrected chi connectivity index (χ2v) is 4.75. The second kappa shape index (κ2) is 6.05. The summed E-state index contributed by atoms with van der Waals surface area (Å²) in [7, 11) is -2.87. The lowest BCUT2D eigenvalue weighted by Crippen LogP contribution is -2.09. The van der Waals surface area contributed by atoms with Gasteiger partial charge in [-0.05, 0) is 18.4 Å². The molecule has 0 bridgehead atoms. The van der Waals surface area contributed by atoms with Crippen molar-refractivity contribution in [3.63, 3.8) is 0 Å². The molecule has 0 saturated heterocycles. The number of carbonyl (C=O) groups excluding carboxylic acids is 1. The average molecular weight is 236 g/mol. The van der Waals surface area contributed by atoms with E-state index in [1.807, 2.05) is 0 Å². The SMILES string of the molecule is CCC(CP(=O)(O)O)=C(CC)C(=O)OC. The van der Waals surface area contributed by atoms with E-state index in [9.17, 15) is 9.36 Å². The summed E-state index contributed by atoms with van der Waals surface area (Å²) in [5.41, 5.74) is 0.834. The van der Waals surface area contributed by atoms with Crippen molar-refractivity contribution in [3.8, 4) is 0 Å². The van der Waals surface area contributed by atoms with Gasteiger partial charge < -0.3 is 14.5 Å². The van der Waals surface area contributed by atoms with Crippen LogP contribution in [0.1, 0.15) is 26.7 Å². The van der Waals surface area contributed by atoms with Crippen LogP contribution in [0.3, 0.4) is 0 Å². The molecule has 0 aliphatic rings. The molecule has 6 heteroatoms. The van der Waals surface area contributed by atoms with Crippen LogP contribution in [0.5, 0.6) is 0 Å². The number of hydrogen-bond donors (Lipinski definition) is 2. The average Bonchev–Trinajstić information content (AvgIpc) is 2.15. The van der Waals surface area contributed by atoms with Crippen LogP contribution in [0.4, 0.5) is 0 Å². The highest BCUT2D eigenvalue weighted by atomic mass is 31.2. The highest BCUT2D eigenvalue weighted by Crippen LogP contribution is 2.38. The van der Waals surface area contributed by atoms with Crippen molar-refractivity contribution in [2.24, 2.45) is 0 Å². The fourth-order valence-electron chi connectivity index (χ4n) is 1.33. The molecule has 0 unspecified atom stereocenters. The number of ether oxygens (including phenoxy) is 1. The van der Waals surface area contributed by atoms with Crippen LogP contribution in [0.2, 0.25) is 0 Å². The van der Waals surface area contributed by atoms with Crippen LogP contribution in [-0.2, 0) is 14.1 Å². The summed E-state index contributed by atoms with van der Waals surface area (Å²) in [6, 6.07) is 0. The van der Waals surface area contributed by atoms with E-state index in [2.05, 4.69) is 4.74 Å². The van der Waals surface area contributed by atoms with Crippen molar-refractivity contribution in [2.75, 3.05) is 13.3 Å². The molecule has 15 heavy (non-hydrogen) atoms. The van der Waals surface area contributed by atoms with Crippen LogP contribution in [0.15, 0.2) is 11.1 Å². The first-order chi connectivity index (χ1) is 6.85. The largest absolute Gasteiger partial charge is 0.466 e. The summed E-state index contributed by atoms with van der Waals surface area (Å²) in [5, 5.41) is 0. The third-order valence-corrected chi connectivity index (χ3v) is 2.83. The van der Waals surface area contributed by atoms with Gasteiger partial charge >= 0.3 is 13.6 Å². The number of esters is 1. The first kappa shape index (κ1) is 14.4. The third kappa shape index (κ3) is 5.11. The molecule has 0 aliphatic carbocycles. The molecule has 0 aromatic rings. The highest BCUT2D eigenvalue weighted by Gasteiger charge is 2.20. The van der Waals surface area contributed by atoms with Crippen LogP contribution in [0.25, 0.3) is 0 Å². The minimum absolute atomic E-state index is 0.364. The van der Waals surface area contributed by atoms with Crippen molar-refractivity contribution in [3.05, 3.63) is 11.1 Å². The van der Waals surface area contributed by atoms with Gasteiger partial charge in [-0.3, -0.25) is 4.57 Å². The summed E-state index contributed by atoms with van der Waals surface area (Å²) in [4.78, 5) is 29.0. The number of methoxy groups -OCH3 is 1. The Morgan fingerprint density at radius 1 is 1.27 bits per heavy atom. The molecule has 0 aromatic carbocycles. The van der Waals surface area contributed by atoms with Crippen molar-refractivity contribution in [1.82, 2.24) is 0 Å². The van der Waals surface area contributed by atoms with Crippen molar-refractivity contribution in [1.29, 1.82) is 0 Å². The van der Waals surface area contributed by atoms with E-state index in [-0.39, 0.29) is 6.16 Å². The van der Waals surface area contributed by atoms with Gasteiger partial charge in [-0.1, -0.05) is 13.8 Å². The van der Waals surface area contributed by atoms with E-state index in [4.69, 9.17) is 9.79 Å². The minimum Gasteiger partial charge on any atom is -0.466 e. The number of carbonyl (C=O) groups is 1. The molecule has 0 heterocycles. The zero-order valence-corrected chi connectivity index (χ0v) is 10.1. The Morgan fingerprint density at radius 3 is 2.07 bits per heavy atom. The van der Waals surface area contributed by atoms with Crippen molar-refractivity contribution >= 4 is 13.6 Å². The molecule has 0 spiro atoms. The Bertz CT molecular complexity index is 302.